The Morgan fingerprint density at radius 3 is 2.33 bits per heavy atom. The number of hydrogen-bond acceptors (Lipinski definition) is 2. The lowest BCUT2D eigenvalue weighted by Crippen LogP contribution is -2.34. The Morgan fingerprint density at radius 2 is 1.80 bits per heavy atom. The van der Waals surface area contributed by atoms with Crippen LogP contribution in [0.5, 0.6) is 0 Å². The van der Waals surface area contributed by atoms with Crippen molar-refractivity contribution in [3.8, 4) is 0 Å². The summed E-state index contributed by atoms with van der Waals surface area (Å²) in [5, 5.41) is 0. The molecule has 1 atom stereocenters. The summed E-state index contributed by atoms with van der Waals surface area (Å²) in [5.74, 6) is 1.93. The monoisotopic (exact) mass is 208 g/mol. The highest BCUT2D eigenvalue weighted by atomic mass is 15.2. The maximum atomic E-state index is 6.17. The van der Waals surface area contributed by atoms with Gasteiger partial charge in [-0.05, 0) is 63.3 Å². The highest BCUT2D eigenvalue weighted by Gasteiger charge is 2.34. The number of rotatable bonds is 7. The van der Waals surface area contributed by atoms with Gasteiger partial charge >= 0.3 is 0 Å². The average molecular weight is 208 g/mol. The van der Waals surface area contributed by atoms with E-state index in [1.165, 1.54) is 58.0 Å². The van der Waals surface area contributed by atoms with Gasteiger partial charge in [0.2, 0.25) is 0 Å². The second-order valence-electron chi connectivity index (χ2n) is 5.96. The molecule has 1 unspecified atom stereocenters. The van der Waals surface area contributed by atoms with Crippen LogP contribution in [0, 0.1) is 11.8 Å². The molecule has 15 heavy (non-hydrogen) atoms. The van der Waals surface area contributed by atoms with Crippen LogP contribution >= 0.6 is 0 Å². The van der Waals surface area contributed by atoms with Crippen molar-refractivity contribution in [3.63, 3.8) is 0 Å². The van der Waals surface area contributed by atoms with Crippen LogP contribution < -0.4 is 5.73 Å². The average Bonchev–Trinajstić information content (AvgIpc) is 3.10. The van der Waals surface area contributed by atoms with E-state index < -0.39 is 0 Å². The molecule has 3 aliphatic rings. The van der Waals surface area contributed by atoms with Crippen molar-refractivity contribution in [3.05, 3.63) is 0 Å². The lowest BCUT2D eigenvalue weighted by Gasteiger charge is -2.23. The lowest BCUT2D eigenvalue weighted by molar-refractivity contribution is 0.240. The van der Waals surface area contributed by atoms with E-state index in [2.05, 4.69) is 4.90 Å². The Kier molecular flexibility index (Phi) is 2.73. The fourth-order valence-electron chi connectivity index (χ4n) is 2.57. The largest absolute Gasteiger partial charge is 0.327 e. The first-order chi connectivity index (χ1) is 7.33. The third kappa shape index (κ3) is 2.94. The van der Waals surface area contributed by atoms with Crippen LogP contribution in [0.15, 0.2) is 0 Å². The summed E-state index contributed by atoms with van der Waals surface area (Å²) in [6.07, 6.45) is 9.90. The van der Waals surface area contributed by atoms with E-state index in [1.807, 2.05) is 0 Å². The Hall–Kier alpha value is -0.0800. The first kappa shape index (κ1) is 10.1. The van der Waals surface area contributed by atoms with Crippen LogP contribution in [0.2, 0.25) is 0 Å². The van der Waals surface area contributed by atoms with E-state index in [4.69, 9.17) is 5.73 Å². The molecule has 2 nitrogen and oxygen atoms in total. The van der Waals surface area contributed by atoms with Crippen LogP contribution in [-0.2, 0) is 0 Å². The zero-order chi connectivity index (χ0) is 10.3. The Balaban J connectivity index is 1.40. The summed E-state index contributed by atoms with van der Waals surface area (Å²) in [6.45, 7) is 2.65. The number of hydrogen-bond donors (Lipinski definition) is 1. The van der Waals surface area contributed by atoms with Gasteiger partial charge in [0.05, 0.1) is 0 Å². The van der Waals surface area contributed by atoms with Gasteiger partial charge in [0.15, 0.2) is 0 Å². The molecule has 0 aromatic carbocycles. The molecule has 0 aromatic rings. The molecular formula is C13H24N2. The smallest absolute Gasteiger partial charge is 0.00965 e. The molecule has 2 N–H and O–H groups in total. The number of nitrogens with two attached hydrogens (primary N) is 1. The third-order valence-corrected chi connectivity index (χ3v) is 4.23. The van der Waals surface area contributed by atoms with Gasteiger partial charge in [0.25, 0.3) is 0 Å². The van der Waals surface area contributed by atoms with Gasteiger partial charge in [-0.1, -0.05) is 0 Å². The van der Waals surface area contributed by atoms with Gasteiger partial charge in [0.1, 0.15) is 0 Å². The minimum absolute atomic E-state index is 0.505. The molecular weight excluding hydrogens is 184 g/mol. The molecule has 0 aromatic heterocycles. The van der Waals surface area contributed by atoms with Crippen LogP contribution in [-0.4, -0.2) is 30.1 Å². The molecule has 0 heterocycles. The SMILES string of the molecule is NC(CCN(CC1CC1)C1CC1)C1CC1. The minimum atomic E-state index is 0.505. The molecule has 3 aliphatic carbocycles. The fourth-order valence-corrected chi connectivity index (χ4v) is 2.57. The van der Waals surface area contributed by atoms with Crippen molar-refractivity contribution in [2.45, 2.75) is 57.0 Å². The summed E-state index contributed by atoms with van der Waals surface area (Å²) in [7, 11) is 0. The first-order valence-corrected chi connectivity index (χ1v) is 6.82. The first-order valence-electron chi connectivity index (χ1n) is 6.82. The molecule has 0 spiro atoms. The predicted octanol–water partition coefficient (Wildman–Crippen LogP) is 1.99. The molecule has 0 radical (unpaired) electrons. The number of nitrogens with zero attached hydrogens (tertiary/aromatic N) is 1. The molecule has 2 heteroatoms. The molecule has 3 saturated carbocycles. The van der Waals surface area contributed by atoms with Gasteiger partial charge in [-0.15, -0.1) is 0 Å². The second kappa shape index (κ2) is 4.06. The summed E-state index contributed by atoms with van der Waals surface area (Å²) >= 11 is 0. The maximum absolute atomic E-state index is 6.17. The van der Waals surface area contributed by atoms with E-state index in [0.717, 1.165) is 17.9 Å². The van der Waals surface area contributed by atoms with Crippen molar-refractivity contribution in [1.29, 1.82) is 0 Å². The van der Waals surface area contributed by atoms with E-state index in [1.54, 1.807) is 0 Å². The van der Waals surface area contributed by atoms with Crippen LogP contribution in [0.4, 0.5) is 0 Å². The molecule has 0 amide bonds. The summed E-state index contributed by atoms with van der Waals surface area (Å²) in [6, 6.07) is 1.45. The molecule has 0 aliphatic heterocycles. The van der Waals surface area contributed by atoms with E-state index in [-0.39, 0.29) is 0 Å². The summed E-state index contributed by atoms with van der Waals surface area (Å²) < 4.78 is 0. The van der Waals surface area contributed by atoms with Crippen molar-refractivity contribution in [2.24, 2.45) is 17.6 Å². The Morgan fingerprint density at radius 1 is 1.07 bits per heavy atom. The molecule has 3 fully saturated rings. The van der Waals surface area contributed by atoms with Crippen LogP contribution in [0.3, 0.4) is 0 Å². The molecule has 3 rings (SSSR count). The van der Waals surface area contributed by atoms with Crippen molar-refractivity contribution in [2.75, 3.05) is 13.1 Å². The zero-order valence-corrected chi connectivity index (χ0v) is 9.70. The van der Waals surface area contributed by atoms with E-state index in [0.29, 0.717) is 6.04 Å². The second-order valence-corrected chi connectivity index (χ2v) is 5.96. The van der Waals surface area contributed by atoms with Crippen LogP contribution in [0.1, 0.15) is 44.9 Å². The van der Waals surface area contributed by atoms with E-state index in [9.17, 15) is 0 Å². The van der Waals surface area contributed by atoms with Crippen molar-refractivity contribution in [1.82, 2.24) is 4.90 Å². The minimum Gasteiger partial charge on any atom is -0.327 e. The highest BCUT2D eigenvalue weighted by molar-refractivity contribution is 4.90. The van der Waals surface area contributed by atoms with Gasteiger partial charge in [0, 0.05) is 18.6 Å². The van der Waals surface area contributed by atoms with Crippen molar-refractivity contribution < 1.29 is 0 Å². The van der Waals surface area contributed by atoms with Crippen molar-refractivity contribution >= 4 is 0 Å². The zero-order valence-electron chi connectivity index (χ0n) is 9.70. The predicted molar refractivity (Wildman–Crippen MR) is 62.6 cm³/mol. The molecule has 0 bridgehead atoms. The molecule has 0 saturated heterocycles. The van der Waals surface area contributed by atoms with Gasteiger partial charge < -0.3 is 10.6 Å². The van der Waals surface area contributed by atoms with Gasteiger partial charge in [-0.25, -0.2) is 0 Å². The lowest BCUT2D eigenvalue weighted by atomic mass is 10.1. The summed E-state index contributed by atoms with van der Waals surface area (Å²) in [5.41, 5.74) is 6.17. The van der Waals surface area contributed by atoms with Gasteiger partial charge in [-0.2, -0.15) is 0 Å². The Bertz CT molecular complexity index is 217. The third-order valence-electron chi connectivity index (χ3n) is 4.23. The highest BCUT2D eigenvalue weighted by Crippen LogP contribution is 2.36. The summed E-state index contributed by atoms with van der Waals surface area (Å²) in [4.78, 5) is 2.74. The maximum Gasteiger partial charge on any atom is 0.00965 e. The quantitative estimate of drug-likeness (QED) is 0.693. The van der Waals surface area contributed by atoms with Crippen LogP contribution in [0.25, 0.3) is 0 Å². The van der Waals surface area contributed by atoms with E-state index >= 15 is 0 Å². The topological polar surface area (TPSA) is 29.3 Å². The van der Waals surface area contributed by atoms with Gasteiger partial charge in [-0.3, -0.25) is 0 Å². The normalized spacial score (nSPS) is 28.4. The Labute approximate surface area is 93.2 Å². The molecule has 86 valence electrons. The fraction of sp³-hybridized carbons (Fsp3) is 1.00. The standard InChI is InChI=1S/C13H24N2/c14-13(11-3-4-11)7-8-15(12-5-6-12)9-10-1-2-10/h10-13H,1-9,14H2.